The lowest BCUT2D eigenvalue weighted by atomic mass is 9.77. The van der Waals surface area contributed by atoms with Gasteiger partial charge in [0.05, 0.1) is 30.7 Å². The summed E-state index contributed by atoms with van der Waals surface area (Å²) < 4.78 is 13.2. The quantitative estimate of drug-likeness (QED) is 0.380. The second kappa shape index (κ2) is 13.6. The first-order chi connectivity index (χ1) is 23.4. The van der Waals surface area contributed by atoms with Gasteiger partial charge >= 0.3 is 5.97 Å². The number of hydrogen-bond acceptors (Lipinski definition) is 7. The van der Waals surface area contributed by atoms with Crippen LogP contribution in [0.1, 0.15) is 57.8 Å². The SMILES string of the molecule is C[C@H]1[C@H](c2ccccc2)OC(=O)[C@@H]2[C@H](/C=C\CCC(=O)N1C)O[C@@]13C=CCN(C(C)(C)C)C(=O)[C@@H]1N([C@@H](CO)Cc1ccccc1)C(=O)[C@@H]23. The highest BCUT2D eigenvalue weighted by Gasteiger charge is 2.73. The first-order valence-electron chi connectivity index (χ1n) is 17.2. The molecule has 49 heavy (non-hydrogen) atoms. The Labute approximate surface area is 288 Å². The number of hydrogen-bond donors (Lipinski definition) is 1. The monoisotopic (exact) mass is 669 g/mol. The molecule has 10 heteroatoms. The second-order valence-electron chi connectivity index (χ2n) is 14.6. The summed E-state index contributed by atoms with van der Waals surface area (Å²) in [5.74, 6) is -3.67. The number of carbonyl (C=O) groups excluding carboxylic acids is 4. The van der Waals surface area contributed by atoms with E-state index >= 15 is 0 Å². The molecule has 3 amide bonds. The number of allylic oxidation sites excluding steroid dienone is 1. The third-order valence-electron chi connectivity index (χ3n) is 10.6. The molecule has 1 spiro atoms. The average Bonchev–Trinajstić information content (AvgIpc) is 3.47. The maximum atomic E-state index is 15.0. The van der Waals surface area contributed by atoms with E-state index < -0.39 is 71.8 Å². The molecule has 2 fully saturated rings. The van der Waals surface area contributed by atoms with E-state index in [1.54, 1.807) is 29.0 Å². The summed E-state index contributed by atoms with van der Waals surface area (Å²) in [6.07, 6.45) is 6.43. The van der Waals surface area contributed by atoms with E-state index in [1.807, 2.05) is 101 Å². The molecular formula is C39H47N3O7. The number of nitrogens with zero attached hydrogens (tertiary/aromatic N) is 3. The molecule has 0 saturated carbocycles. The Bertz CT molecular complexity index is 1620. The van der Waals surface area contributed by atoms with E-state index in [0.29, 0.717) is 24.9 Å². The summed E-state index contributed by atoms with van der Waals surface area (Å²) in [4.78, 5) is 62.4. The standard InChI is InChI=1S/C39H47N3O7/c1-25-33(27-17-10-7-11-18-27)48-37(47)31-29(19-12-13-20-30(44)40(25)5)49-39-21-14-22-41(38(2,3)4)36(46)34(39)42(35(45)32(31)39)28(24-43)23-26-15-8-6-9-16-26/h6-12,14-19,21,25,28-29,31-34,43H,13,20,22-24H2,1-5H3/b19-12-/t25-,28+,29-,31+,32+,33+,34-,39+/m0/s1. The van der Waals surface area contributed by atoms with Crippen molar-refractivity contribution in [3.05, 3.63) is 96.1 Å². The van der Waals surface area contributed by atoms with Crippen molar-refractivity contribution in [1.29, 1.82) is 0 Å². The van der Waals surface area contributed by atoms with Gasteiger partial charge < -0.3 is 29.3 Å². The number of esters is 1. The lowest BCUT2D eigenvalue weighted by molar-refractivity contribution is -0.165. The molecule has 0 bridgehead atoms. The summed E-state index contributed by atoms with van der Waals surface area (Å²) in [6, 6.07) is 16.4. The Balaban J connectivity index is 1.48. The van der Waals surface area contributed by atoms with Gasteiger partial charge in [-0.1, -0.05) is 85.0 Å². The molecule has 2 aromatic carbocycles. The molecule has 10 nitrogen and oxygen atoms in total. The molecule has 4 aliphatic heterocycles. The molecule has 0 aromatic heterocycles. The number of ether oxygens (including phenoxy) is 2. The molecule has 0 aliphatic carbocycles. The number of aliphatic hydroxyl groups is 1. The fourth-order valence-electron chi connectivity index (χ4n) is 7.96. The Kier molecular flexibility index (Phi) is 9.57. The van der Waals surface area contributed by atoms with Crippen molar-refractivity contribution in [2.45, 2.75) is 88.4 Å². The van der Waals surface area contributed by atoms with Crippen LogP contribution in [0.4, 0.5) is 0 Å². The number of cyclic esters (lactones) is 1. The Hall–Kier alpha value is -4.28. The van der Waals surface area contributed by atoms with E-state index in [0.717, 1.165) is 5.56 Å². The first-order valence-corrected chi connectivity index (χ1v) is 17.2. The van der Waals surface area contributed by atoms with Crippen molar-refractivity contribution in [2.24, 2.45) is 11.8 Å². The fourth-order valence-corrected chi connectivity index (χ4v) is 7.96. The number of fused-ring (bicyclic) bond motifs is 2. The van der Waals surface area contributed by atoms with E-state index in [-0.39, 0.29) is 18.2 Å². The zero-order valence-corrected chi connectivity index (χ0v) is 28.9. The van der Waals surface area contributed by atoms with Crippen LogP contribution in [0, 0.1) is 11.8 Å². The van der Waals surface area contributed by atoms with Crippen molar-refractivity contribution in [3.8, 4) is 0 Å². The molecule has 4 heterocycles. The molecule has 6 rings (SSSR count). The van der Waals surface area contributed by atoms with Crippen molar-refractivity contribution in [2.75, 3.05) is 20.2 Å². The van der Waals surface area contributed by atoms with Gasteiger partial charge in [0, 0.05) is 25.6 Å². The minimum atomic E-state index is -1.50. The largest absolute Gasteiger partial charge is 0.455 e. The lowest BCUT2D eigenvalue weighted by Crippen LogP contribution is -2.61. The highest BCUT2D eigenvalue weighted by Crippen LogP contribution is 2.54. The maximum absolute atomic E-state index is 15.0. The van der Waals surface area contributed by atoms with Crippen LogP contribution < -0.4 is 0 Å². The molecule has 8 atom stereocenters. The van der Waals surface area contributed by atoms with Crippen LogP contribution in [0.15, 0.2) is 85.0 Å². The van der Waals surface area contributed by atoms with Crippen molar-refractivity contribution in [1.82, 2.24) is 14.7 Å². The Morgan fingerprint density at radius 1 is 0.959 bits per heavy atom. The molecule has 2 saturated heterocycles. The second-order valence-corrected chi connectivity index (χ2v) is 14.6. The third kappa shape index (κ3) is 6.21. The lowest BCUT2D eigenvalue weighted by Gasteiger charge is -2.42. The molecule has 1 N–H and O–H groups in total. The fraction of sp³-hybridized carbons (Fsp3) is 0.487. The van der Waals surface area contributed by atoms with E-state index in [2.05, 4.69) is 0 Å². The van der Waals surface area contributed by atoms with Crippen LogP contribution in [-0.2, 0) is 35.1 Å². The summed E-state index contributed by atoms with van der Waals surface area (Å²) in [6.45, 7) is 7.56. The van der Waals surface area contributed by atoms with Crippen molar-refractivity contribution in [3.63, 3.8) is 0 Å². The predicted molar refractivity (Wildman–Crippen MR) is 183 cm³/mol. The van der Waals surface area contributed by atoms with Crippen molar-refractivity contribution >= 4 is 23.7 Å². The Morgan fingerprint density at radius 2 is 1.63 bits per heavy atom. The molecular weight excluding hydrogens is 622 g/mol. The number of aliphatic hydroxyl groups excluding tert-OH is 1. The van der Waals surface area contributed by atoms with Gasteiger partial charge in [-0.3, -0.25) is 19.2 Å². The molecule has 4 aliphatic rings. The number of amides is 3. The van der Waals surface area contributed by atoms with Crippen LogP contribution >= 0.6 is 0 Å². The Morgan fingerprint density at radius 3 is 2.29 bits per heavy atom. The number of benzene rings is 2. The van der Waals surface area contributed by atoms with E-state index in [9.17, 15) is 24.3 Å². The van der Waals surface area contributed by atoms with E-state index in [1.165, 1.54) is 4.90 Å². The molecule has 260 valence electrons. The van der Waals surface area contributed by atoms with Crippen LogP contribution in [0.3, 0.4) is 0 Å². The van der Waals surface area contributed by atoms with Crippen LogP contribution in [0.25, 0.3) is 0 Å². The molecule has 2 aromatic rings. The average molecular weight is 670 g/mol. The van der Waals surface area contributed by atoms with Crippen LogP contribution in [-0.4, -0.2) is 99.1 Å². The normalized spacial score (nSPS) is 32.0. The first kappa shape index (κ1) is 34.6. The molecule has 0 radical (unpaired) electrons. The summed E-state index contributed by atoms with van der Waals surface area (Å²) in [5, 5.41) is 10.8. The third-order valence-corrected chi connectivity index (χ3v) is 10.6. The van der Waals surface area contributed by atoms with Crippen LogP contribution in [0.2, 0.25) is 0 Å². The minimum Gasteiger partial charge on any atom is -0.455 e. The van der Waals surface area contributed by atoms with Gasteiger partial charge in [-0.25, -0.2) is 0 Å². The maximum Gasteiger partial charge on any atom is 0.313 e. The number of rotatable bonds is 5. The predicted octanol–water partition coefficient (Wildman–Crippen LogP) is 3.85. The molecule has 0 unspecified atom stereocenters. The number of likely N-dealkylation sites (N-methyl/N-ethyl adjacent to an activating group) is 1. The number of likely N-dealkylation sites (tertiary alicyclic amines) is 1. The summed E-state index contributed by atoms with van der Waals surface area (Å²) in [5.41, 5.74) is -0.476. The van der Waals surface area contributed by atoms with Gasteiger partial charge in [-0.05, 0) is 51.7 Å². The summed E-state index contributed by atoms with van der Waals surface area (Å²) >= 11 is 0. The smallest absolute Gasteiger partial charge is 0.313 e. The highest BCUT2D eigenvalue weighted by atomic mass is 16.6. The minimum absolute atomic E-state index is 0.0898. The van der Waals surface area contributed by atoms with Gasteiger partial charge in [0.15, 0.2) is 0 Å². The van der Waals surface area contributed by atoms with Crippen LogP contribution in [0.5, 0.6) is 0 Å². The van der Waals surface area contributed by atoms with Gasteiger partial charge in [0.1, 0.15) is 23.7 Å². The van der Waals surface area contributed by atoms with Gasteiger partial charge in [0.25, 0.3) is 0 Å². The number of carbonyl (C=O) groups is 4. The zero-order valence-electron chi connectivity index (χ0n) is 28.9. The topological polar surface area (TPSA) is 117 Å². The summed E-state index contributed by atoms with van der Waals surface area (Å²) in [7, 11) is 1.70. The highest BCUT2D eigenvalue weighted by molar-refractivity contribution is 5.99. The van der Waals surface area contributed by atoms with Gasteiger partial charge in [0.2, 0.25) is 17.7 Å². The van der Waals surface area contributed by atoms with Gasteiger partial charge in [-0.2, -0.15) is 0 Å². The van der Waals surface area contributed by atoms with E-state index in [4.69, 9.17) is 9.47 Å². The zero-order chi connectivity index (χ0) is 35.1. The van der Waals surface area contributed by atoms with Crippen molar-refractivity contribution < 1.29 is 33.8 Å². The van der Waals surface area contributed by atoms with Gasteiger partial charge in [-0.15, -0.1) is 0 Å².